The van der Waals surface area contributed by atoms with Crippen LogP contribution in [0, 0.1) is 6.92 Å². The van der Waals surface area contributed by atoms with Crippen LogP contribution in [0.4, 0.5) is 0 Å². The molecule has 7 nitrogen and oxygen atoms in total. The number of rotatable bonds is 7. The Morgan fingerprint density at radius 3 is 2.59 bits per heavy atom. The highest BCUT2D eigenvalue weighted by molar-refractivity contribution is 8.26. The third-order valence-corrected chi connectivity index (χ3v) is 7.34. The van der Waals surface area contributed by atoms with Crippen molar-refractivity contribution in [1.82, 2.24) is 8.87 Å². The predicted octanol–water partition coefficient (Wildman–Crippen LogP) is 3.10. The second-order valence-electron chi connectivity index (χ2n) is 6.38. The van der Waals surface area contributed by atoms with E-state index in [1.54, 1.807) is 24.3 Å². The number of carbonyl (C=O) groups is 2. The molecule has 0 radical (unpaired) electrons. The van der Waals surface area contributed by atoms with E-state index >= 15 is 0 Å². The Morgan fingerprint density at radius 2 is 1.93 bits per heavy atom. The van der Waals surface area contributed by atoms with Gasteiger partial charge < -0.3 is 5.11 Å². The third-order valence-electron chi connectivity index (χ3n) is 4.25. The molecule has 1 aliphatic heterocycles. The smallest absolute Gasteiger partial charge is 0.303 e. The highest BCUT2D eigenvalue weighted by Gasteiger charge is 2.32. The summed E-state index contributed by atoms with van der Waals surface area (Å²) in [7, 11) is -3.81. The van der Waals surface area contributed by atoms with E-state index in [1.807, 2.05) is 6.92 Å². The standard InChI is InChI=1S/C19H18N2O5S3/c1-13-6-8-15(9-7-13)29(25,26)21-11-2-4-14(21)12-16-18(24)20(19(27)28-16)10-3-5-17(22)23/h2,4,6-9,11-12H,3,5,10H2,1H3,(H,22,23). The van der Waals surface area contributed by atoms with Gasteiger partial charge in [-0.05, 0) is 43.7 Å². The van der Waals surface area contributed by atoms with Crippen molar-refractivity contribution in [3.05, 3.63) is 58.8 Å². The largest absolute Gasteiger partial charge is 0.481 e. The average Bonchev–Trinajstić information content (AvgIpc) is 3.22. The van der Waals surface area contributed by atoms with Gasteiger partial charge in [0.05, 0.1) is 15.5 Å². The van der Waals surface area contributed by atoms with Crippen LogP contribution in [0.1, 0.15) is 24.1 Å². The molecule has 10 heteroatoms. The summed E-state index contributed by atoms with van der Waals surface area (Å²) in [6.45, 7) is 2.08. The van der Waals surface area contributed by atoms with Crippen LogP contribution in [0.5, 0.6) is 0 Å². The molecule has 1 N–H and O–H groups in total. The van der Waals surface area contributed by atoms with E-state index in [-0.39, 0.29) is 30.2 Å². The van der Waals surface area contributed by atoms with Gasteiger partial charge in [0.25, 0.3) is 15.9 Å². The van der Waals surface area contributed by atoms with E-state index in [0.29, 0.717) is 14.9 Å². The molecule has 0 saturated carbocycles. The molecule has 0 unspecified atom stereocenters. The first-order valence-electron chi connectivity index (χ1n) is 8.67. The van der Waals surface area contributed by atoms with Crippen LogP contribution >= 0.6 is 24.0 Å². The Hall–Kier alpha value is -2.43. The molecule has 1 fully saturated rings. The molecule has 1 aromatic carbocycles. The zero-order valence-corrected chi connectivity index (χ0v) is 17.9. The number of carboxylic acids is 1. The van der Waals surface area contributed by atoms with Crippen LogP contribution < -0.4 is 0 Å². The van der Waals surface area contributed by atoms with Crippen molar-refractivity contribution in [2.75, 3.05) is 6.54 Å². The number of carboxylic acid groups (broad SMARTS) is 1. The summed E-state index contributed by atoms with van der Waals surface area (Å²) < 4.78 is 27.4. The van der Waals surface area contributed by atoms with Gasteiger partial charge in [-0.3, -0.25) is 14.5 Å². The fourth-order valence-electron chi connectivity index (χ4n) is 2.75. The molecule has 2 heterocycles. The summed E-state index contributed by atoms with van der Waals surface area (Å²) in [5, 5.41) is 8.75. The average molecular weight is 451 g/mol. The van der Waals surface area contributed by atoms with Gasteiger partial charge in [0.15, 0.2) is 0 Å². The first-order chi connectivity index (χ1) is 13.7. The van der Waals surface area contributed by atoms with Gasteiger partial charge in [0.2, 0.25) is 0 Å². The molecule has 152 valence electrons. The summed E-state index contributed by atoms with van der Waals surface area (Å²) in [6, 6.07) is 9.71. The number of hydrogen-bond acceptors (Lipinski definition) is 6. The summed E-state index contributed by atoms with van der Waals surface area (Å²) >= 11 is 6.29. The van der Waals surface area contributed by atoms with Crippen LogP contribution in [0.15, 0.2) is 52.4 Å². The number of carbonyl (C=O) groups excluding carboxylic acids is 1. The Bertz CT molecular complexity index is 1100. The number of aliphatic carboxylic acids is 1. The van der Waals surface area contributed by atoms with E-state index in [0.717, 1.165) is 21.3 Å². The Balaban J connectivity index is 1.86. The number of aromatic nitrogens is 1. The molecule has 0 spiro atoms. The minimum Gasteiger partial charge on any atom is -0.481 e. The maximum Gasteiger partial charge on any atom is 0.303 e. The monoisotopic (exact) mass is 450 g/mol. The van der Waals surface area contributed by atoms with Gasteiger partial charge in [0.1, 0.15) is 4.32 Å². The Morgan fingerprint density at radius 1 is 1.24 bits per heavy atom. The third kappa shape index (κ3) is 4.60. The summed E-state index contributed by atoms with van der Waals surface area (Å²) in [5.74, 6) is -1.30. The lowest BCUT2D eigenvalue weighted by Crippen LogP contribution is -2.29. The van der Waals surface area contributed by atoms with Crippen molar-refractivity contribution in [3.63, 3.8) is 0 Å². The molecule has 0 bridgehead atoms. The van der Waals surface area contributed by atoms with E-state index in [9.17, 15) is 18.0 Å². The molecular formula is C19H18N2O5S3. The maximum absolute atomic E-state index is 13.0. The molecule has 1 aromatic heterocycles. The zero-order chi connectivity index (χ0) is 21.2. The number of aryl methyl sites for hydroxylation is 1. The molecule has 29 heavy (non-hydrogen) atoms. The molecule has 3 rings (SSSR count). The van der Waals surface area contributed by atoms with E-state index in [4.69, 9.17) is 17.3 Å². The Labute approximate surface area is 178 Å². The van der Waals surface area contributed by atoms with Crippen LogP contribution in [0.3, 0.4) is 0 Å². The fourth-order valence-corrected chi connectivity index (χ4v) is 5.37. The molecular weight excluding hydrogens is 432 g/mol. The zero-order valence-electron chi connectivity index (χ0n) is 15.4. The van der Waals surface area contributed by atoms with Crippen molar-refractivity contribution < 1.29 is 23.1 Å². The van der Waals surface area contributed by atoms with Crippen molar-refractivity contribution in [3.8, 4) is 0 Å². The first kappa shape index (κ1) is 21.3. The van der Waals surface area contributed by atoms with Crippen LogP contribution in [-0.4, -0.2) is 45.1 Å². The minimum atomic E-state index is -3.81. The summed E-state index contributed by atoms with van der Waals surface area (Å²) in [4.78, 5) is 25.1. The second kappa shape index (κ2) is 8.52. The molecule has 1 amide bonds. The lowest BCUT2D eigenvalue weighted by atomic mass is 10.2. The molecule has 0 aliphatic carbocycles. The lowest BCUT2D eigenvalue weighted by molar-refractivity contribution is -0.137. The van der Waals surface area contributed by atoms with Crippen molar-refractivity contribution in [2.45, 2.75) is 24.7 Å². The fraction of sp³-hybridized carbons (Fsp3) is 0.211. The van der Waals surface area contributed by atoms with Crippen molar-refractivity contribution in [2.24, 2.45) is 0 Å². The van der Waals surface area contributed by atoms with Crippen LogP contribution in [0.2, 0.25) is 0 Å². The van der Waals surface area contributed by atoms with Gasteiger partial charge >= 0.3 is 5.97 Å². The lowest BCUT2D eigenvalue weighted by Gasteiger charge is -2.13. The maximum atomic E-state index is 13.0. The number of amides is 1. The number of thioether (sulfide) groups is 1. The normalized spacial score (nSPS) is 16.0. The molecule has 2 aromatic rings. The van der Waals surface area contributed by atoms with Gasteiger partial charge in [-0.2, -0.15) is 0 Å². The summed E-state index contributed by atoms with van der Waals surface area (Å²) in [5.41, 5.74) is 1.28. The molecule has 1 aliphatic rings. The van der Waals surface area contributed by atoms with Gasteiger partial charge in [-0.25, -0.2) is 12.4 Å². The van der Waals surface area contributed by atoms with Gasteiger partial charge in [0, 0.05) is 19.2 Å². The first-order valence-corrected chi connectivity index (χ1v) is 11.3. The SMILES string of the molecule is Cc1ccc(S(=O)(=O)n2cccc2C=C2SC(=S)N(CCCC(=O)O)C2=O)cc1. The topological polar surface area (TPSA) is 96.7 Å². The van der Waals surface area contributed by atoms with E-state index in [1.165, 1.54) is 29.3 Å². The number of nitrogens with zero attached hydrogens (tertiary/aromatic N) is 2. The predicted molar refractivity (Wildman–Crippen MR) is 115 cm³/mol. The van der Waals surface area contributed by atoms with Crippen molar-refractivity contribution >= 4 is 56.3 Å². The Kier molecular flexibility index (Phi) is 6.25. The molecule has 0 atom stereocenters. The number of hydrogen-bond donors (Lipinski definition) is 1. The van der Waals surface area contributed by atoms with E-state index in [2.05, 4.69) is 0 Å². The quantitative estimate of drug-likeness (QED) is 0.511. The number of thiocarbonyl (C=S) groups is 1. The van der Waals surface area contributed by atoms with Crippen LogP contribution in [0.25, 0.3) is 6.08 Å². The van der Waals surface area contributed by atoms with E-state index < -0.39 is 16.0 Å². The second-order valence-corrected chi connectivity index (χ2v) is 9.87. The number of benzene rings is 1. The van der Waals surface area contributed by atoms with Gasteiger partial charge in [-0.1, -0.05) is 41.7 Å². The summed E-state index contributed by atoms with van der Waals surface area (Å²) in [6.07, 6.45) is 3.14. The minimum absolute atomic E-state index is 0.0618. The highest BCUT2D eigenvalue weighted by atomic mass is 32.2. The van der Waals surface area contributed by atoms with Crippen molar-refractivity contribution in [1.29, 1.82) is 0 Å². The van der Waals surface area contributed by atoms with Gasteiger partial charge in [-0.15, -0.1) is 0 Å². The van der Waals surface area contributed by atoms with Crippen LogP contribution in [-0.2, 0) is 19.6 Å². The highest BCUT2D eigenvalue weighted by Crippen LogP contribution is 2.33. The molecule has 1 saturated heterocycles.